The fourth-order valence-electron chi connectivity index (χ4n) is 1.77. The van der Waals surface area contributed by atoms with Gasteiger partial charge >= 0.3 is 6.18 Å². The van der Waals surface area contributed by atoms with Crippen LogP contribution in [0.4, 0.5) is 19.0 Å². The zero-order valence-electron chi connectivity index (χ0n) is 11.6. The van der Waals surface area contributed by atoms with Crippen LogP contribution < -0.4 is 10.6 Å². The highest BCUT2D eigenvalue weighted by molar-refractivity contribution is 5.54. The number of alkyl halides is 3. The van der Waals surface area contributed by atoms with E-state index in [2.05, 4.69) is 4.98 Å². The average Bonchev–Trinajstić information content (AvgIpc) is 2.36. The van der Waals surface area contributed by atoms with Crippen molar-refractivity contribution in [3.8, 4) is 6.07 Å². The molecule has 0 unspecified atom stereocenters. The first-order valence-electron chi connectivity index (χ1n) is 6.00. The molecule has 0 bridgehead atoms. The Labute approximate surface area is 116 Å². The molecule has 0 atom stereocenters. The highest BCUT2D eigenvalue weighted by atomic mass is 19.4. The van der Waals surface area contributed by atoms with E-state index in [1.165, 1.54) is 4.90 Å². The van der Waals surface area contributed by atoms with E-state index in [4.69, 9.17) is 11.0 Å². The van der Waals surface area contributed by atoms with E-state index in [0.717, 1.165) is 12.1 Å². The molecule has 1 aromatic heterocycles. The van der Waals surface area contributed by atoms with Gasteiger partial charge in [-0.25, -0.2) is 4.98 Å². The van der Waals surface area contributed by atoms with Crippen molar-refractivity contribution in [3.63, 3.8) is 0 Å². The molecule has 0 aromatic carbocycles. The number of anilines is 1. The summed E-state index contributed by atoms with van der Waals surface area (Å²) in [6.07, 6.45) is -4.53. The molecule has 0 amide bonds. The van der Waals surface area contributed by atoms with Gasteiger partial charge in [0.2, 0.25) is 0 Å². The molecule has 0 aliphatic rings. The van der Waals surface area contributed by atoms with Gasteiger partial charge in [-0.3, -0.25) is 0 Å². The summed E-state index contributed by atoms with van der Waals surface area (Å²) >= 11 is 0. The highest BCUT2D eigenvalue weighted by Crippen LogP contribution is 2.30. The molecule has 0 radical (unpaired) electrons. The van der Waals surface area contributed by atoms with Crippen molar-refractivity contribution in [2.24, 2.45) is 11.1 Å². The van der Waals surface area contributed by atoms with Gasteiger partial charge in [0.1, 0.15) is 17.6 Å². The lowest BCUT2D eigenvalue weighted by Gasteiger charge is -2.30. The Morgan fingerprint density at radius 3 is 2.40 bits per heavy atom. The fraction of sp³-hybridized carbons (Fsp3) is 0.538. The maximum Gasteiger partial charge on any atom is 0.433 e. The Kier molecular flexibility index (Phi) is 4.61. The van der Waals surface area contributed by atoms with Gasteiger partial charge in [0.05, 0.1) is 5.56 Å². The molecule has 20 heavy (non-hydrogen) atoms. The van der Waals surface area contributed by atoms with Crippen molar-refractivity contribution in [1.82, 2.24) is 4.98 Å². The molecule has 7 heteroatoms. The van der Waals surface area contributed by atoms with Crippen LogP contribution in [-0.4, -0.2) is 25.1 Å². The van der Waals surface area contributed by atoms with Gasteiger partial charge < -0.3 is 10.6 Å². The van der Waals surface area contributed by atoms with Gasteiger partial charge in [-0.2, -0.15) is 18.4 Å². The molecule has 110 valence electrons. The van der Waals surface area contributed by atoms with Crippen molar-refractivity contribution < 1.29 is 13.2 Å². The lowest BCUT2D eigenvalue weighted by atomic mass is 9.93. The first-order valence-corrected chi connectivity index (χ1v) is 6.00. The lowest BCUT2D eigenvalue weighted by Crippen LogP contribution is -2.37. The summed E-state index contributed by atoms with van der Waals surface area (Å²) in [5.41, 5.74) is 4.41. The number of halogens is 3. The van der Waals surface area contributed by atoms with Gasteiger partial charge in [0.15, 0.2) is 0 Å². The number of aromatic nitrogens is 1. The van der Waals surface area contributed by atoms with E-state index in [1.807, 2.05) is 19.9 Å². The number of hydrogen-bond acceptors (Lipinski definition) is 4. The normalized spacial score (nSPS) is 12.1. The summed E-state index contributed by atoms with van der Waals surface area (Å²) in [4.78, 5) is 5.10. The number of rotatable bonds is 4. The topological polar surface area (TPSA) is 65.9 Å². The maximum absolute atomic E-state index is 12.7. The van der Waals surface area contributed by atoms with Gasteiger partial charge in [-0.15, -0.1) is 0 Å². The van der Waals surface area contributed by atoms with Crippen LogP contribution in [0.1, 0.15) is 25.1 Å². The van der Waals surface area contributed by atoms with E-state index in [-0.39, 0.29) is 16.8 Å². The molecule has 4 nitrogen and oxygen atoms in total. The Morgan fingerprint density at radius 1 is 1.35 bits per heavy atom. The second-order valence-corrected chi connectivity index (χ2v) is 5.40. The third-order valence-corrected chi connectivity index (χ3v) is 2.87. The quantitative estimate of drug-likeness (QED) is 0.923. The molecule has 2 N–H and O–H groups in total. The minimum Gasteiger partial charge on any atom is -0.358 e. The van der Waals surface area contributed by atoms with Crippen molar-refractivity contribution in [3.05, 3.63) is 23.4 Å². The molecule has 0 aliphatic carbocycles. The second kappa shape index (κ2) is 5.67. The summed E-state index contributed by atoms with van der Waals surface area (Å²) in [6.45, 7) is 4.55. The molecule has 0 saturated heterocycles. The molecule has 1 heterocycles. The van der Waals surface area contributed by atoms with Crippen molar-refractivity contribution >= 4 is 5.82 Å². The fourth-order valence-corrected chi connectivity index (χ4v) is 1.77. The molecule has 0 fully saturated rings. The number of nitrogens with two attached hydrogens (primary N) is 1. The molecular formula is C13H17F3N4. The van der Waals surface area contributed by atoms with E-state index in [1.54, 1.807) is 7.05 Å². The highest BCUT2D eigenvalue weighted by Gasteiger charge is 2.33. The third-order valence-electron chi connectivity index (χ3n) is 2.87. The Bertz CT molecular complexity index is 517. The monoisotopic (exact) mass is 286 g/mol. The smallest absolute Gasteiger partial charge is 0.358 e. The van der Waals surface area contributed by atoms with E-state index in [0.29, 0.717) is 13.1 Å². The molecule has 0 aliphatic heterocycles. The van der Waals surface area contributed by atoms with Crippen LogP contribution in [-0.2, 0) is 6.18 Å². The van der Waals surface area contributed by atoms with E-state index < -0.39 is 11.9 Å². The predicted octanol–water partition coefficient (Wildman–Crippen LogP) is 2.39. The average molecular weight is 286 g/mol. The second-order valence-electron chi connectivity index (χ2n) is 5.40. The van der Waals surface area contributed by atoms with Crippen LogP contribution in [0.25, 0.3) is 0 Å². The predicted molar refractivity (Wildman–Crippen MR) is 70.1 cm³/mol. The van der Waals surface area contributed by atoms with Gasteiger partial charge in [-0.05, 0) is 24.1 Å². The minimum absolute atomic E-state index is 0.0175. The van der Waals surface area contributed by atoms with Crippen LogP contribution in [0.2, 0.25) is 0 Å². The number of nitrogens with zero attached hydrogens (tertiary/aromatic N) is 3. The molecule has 1 rings (SSSR count). The number of nitriles is 1. The van der Waals surface area contributed by atoms with Gasteiger partial charge in [0, 0.05) is 13.6 Å². The lowest BCUT2D eigenvalue weighted by molar-refractivity contribution is -0.141. The summed E-state index contributed by atoms with van der Waals surface area (Å²) in [5.74, 6) is 0.0175. The van der Waals surface area contributed by atoms with Crippen LogP contribution in [0, 0.1) is 16.7 Å². The minimum atomic E-state index is -4.53. The Morgan fingerprint density at radius 2 is 1.95 bits per heavy atom. The van der Waals surface area contributed by atoms with Crippen LogP contribution in [0.5, 0.6) is 0 Å². The van der Waals surface area contributed by atoms with Crippen molar-refractivity contribution in [2.75, 3.05) is 25.0 Å². The molecular weight excluding hydrogens is 269 g/mol. The van der Waals surface area contributed by atoms with E-state index in [9.17, 15) is 13.2 Å². The molecule has 1 aromatic rings. The van der Waals surface area contributed by atoms with Gasteiger partial charge in [-0.1, -0.05) is 13.8 Å². The van der Waals surface area contributed by atoms with Crippen molar-refractivity contribution in [1.29, 1.82) is 5.26 Å². The van der Waals surface area contributed by atoms with Gasteiger partial charge in [0.25, 0.3) is 0 Å². The first kappa shape index (κ1) is 16.2. The number of hydrogen-bond donors (Lipinski definition) is 1. The third kappa shape index (κ3) is 3.84. The summed E-state index contributed by atoms with van der Waals surface area (Å²) in [7, 11) is 1.60. The Balaban J connectivity index is 3.18. The zero-order chi connectivity index (χ0) is 15.6. The molecule has 0 saturated carbocycles. The SMILES string of the molecule is CN(CC(C)(C)CN)c1nc(C(F)(F)F)ccc1C#N. The standard InChI is InChI=1S/C13H17F3N4/c1-12(2,7-18)8-20(3)11-9(6-17)4-5-10(19-11)13(14,15)16/h4-5H,7-8,18H2,1-3H3. The van der Waals surface area contributed by atoms with Crippen LogP contribution in [0.3, 0.4) is 0 Å². The van der Waals surface area contributed by atoms with Crippen LogP contribution >= 0.6 is 0 Å². The first-order chi connectivity index (χ1) is 9.10. The largest absolute Gasteiger partial charge is 0.433 e. The van der Waals surface area contributed by atoms with Crippen molar-refractivity contribution in [2.45, 2.75) is 20.0 Å². The Hall–Kier alpha value is -1.81. The molecule has 0 spiro atoms. The summed E-state index contributed by atoms with van der Waals surface area (Å²) in [6, 6.07) is 3.80. The summed E-state index contributed by atoms with van der Waals surface area (Å²) < 4.78 is 38.1. The van der Waals surface area contributed by atoms with Crippen LogP contribution in [0.15, 0.2) is 12.1 Å². The summed E-state index contributed by atoms with van der Waals surface area (Å²) in [5, 5.41) is 8.99. The number of pyridine rings is 1. The zero-order valence-corrected chi connectivity index (χ0v) is 11.6. The maximum atomic E-state index is 12.7. The van der Waals surface area contributed by atoms with E-state index >= 15 is 0 Å².